The van der Waals surface area contributed by atoms with Gasteiger partial charge in [-0.1, -0.05) is 51.9 Å². The van der Waals surface area contributed by atoms with Gasteiger partial charge in [0, 0.05) is 12.6 Å². The fraction of sp³-hybridized carbons (Fsp3) is 0.826. The minimum absolute atomic E-state index is 0.0222. The maximum Gasteiger partial charge on any atom is 0.289 e. The van der Waals surface area contributed by atoms with Crippen LogP contribution in [0.4, 0.5) is 0 Å². The molecule has 174 valence electrons. The molecule has 2 heterocycles. The zero-order valence-corrected chi connectivity index (χ0v) is 18.7. The number of nitrogens with one attached hydrogen (secondary N) is 2. The summed E-state index contributed by atoms with van der Waals surface area (Å²) >= 11 is 0. The highest BCUT2D eigenvalue weighted by Gasteiger charge is 2.42. The maximum atomic E-state index is 13.2. The number of carbonyl (C=O) groups excluding carboxylic acids is 4. The van der Waals surface area contributed by atoms with Crippen molar-refractivity contribution in [2.24, 2.45) is 11.7 Å². The van der Waals surface area contributed by atoms with Crippen LogP contribution in [0.2, 0.25) is 0 Å². The van der Waals surface area contributed by atoms with Crippen LogP contribution in [0.1, 0.15) is 84.0 Å². The Morgan fingerprint density at radius 2 is 1.55 bits per heavy atom. The normalized spacial score (nSPS) is 31.6. The monoisotopic (exact) mass is 434 g/mol. The highest BCUT2D eigenvalue weighted by molar-refractivity contribution is 6.38. The summed E-state index contributed by atoms with van der Waals surface area (Å²) in [5.74, 6) is -1.76. The first-order valence-corrected chi connectivity index (χ1v) is 12.1. The minimum atomic E-state index is -0.849. The second-order valence-electron chi connectivity index (χ2n) is 9.57. The molecule has 3 fully saturated rings. The van der Waals surface area contributed by atoms with Crippen molar-refractivity contribution in [3.05, 3.63) is 0 Å². The smallest absolute Gasteiger partial charge is 0.289 e. The fourth-order valence-electron chi connectivity index (χ4n) is 4.70. The third-order valence-electron chi connectivity index (χ3n) is 6.85. The molecule has 0 spiro atoms. The average molecular weight is 435 g/mol. The molecule has 4 atom stereocenters. The number of rotatable bonds is 3. The number of ketones is 1. The molecule has 4 N–H and O–H groups in total. The first kappa shape index (κ1) is 23.7. The number of Topliss-reactive ketones (excluding diaryl/α,β-unsaturated/α-hetero) is 1. The van der Waals surface area contributed by atoms with E-state index in [2.05, 4.69) is 10.6 Å². The number of nitrogens with zero attached hydrogens (tertiary/aromatic N) is 1. The summed E-state index contributed by atoms with van der Waals surface area (Å²) in [7, 11) is 0. The number of amides is 3. The summed E-state index contributed by atoms with van der Waals surface area (Å²) in [5, 5.41) is 5.56. The van der Waals surface area contributed by atoms with Crippen molar-refractivity contribution in [3.63, 3.8) is 0 Å². The van der Waals surface area contributed by atoms with Crippen LogP contribution in [-0.2, 0) is 19.2 Å². The molecule has 3 rings (SSSR count). The molecule has 3 amide bonds. The van der Waals surface area contributed by atoms with Crippen molar-refractivity contribution >= 4 is 23.5 Å². The van der Waals surface area contributed by atoms with Crippen molar-refractivity contribution < 1.29 is 19.2 Å². The lowest BCUT2D eigenvalue weighted by molar-refractivity contribution is -0.143. The predicted molar refractivity (Wildman–Crippen MR) is 117 cm³/mol. The zero-order valence-electron chi connectivity index (χ0n) is 18.7. The Balaban J connectivity index is 1.73. The van der Waals surface area contributed by atoms with Gasteiger partial charge in [-0.25, -0.2) is 0 Å². The molecule has 0 radical (unpaired) electrons. The standard InChI is InChI=1S/C23H38N4O4/c1-15-13-14-27-19(15)21(29)26-18(20(28)22(30)25-16-11-12-16)10-8-6-4-2-3-5-7-9-17(24)23(27)31/h15-19H,2-14,24H2,1H3,(H,25,30)(H,26,29)/t15-,17-,18-,19-/m0/s1. The quantitative estimate of drug-likeness (QED) is 0.580. The van der Waals surface area contributed by atoms with E-state index in [1.54, 1.807) is 4.90 Å². The highest BCUT2D eigenvalue weighted by Crippen LogP contribution is 2.26. The van der Waals surface area contributed by atoms with Gasteiger partial charge in [-0.15, -0.1) is 0 Å². The molecular weight excluding hydrogens is 396 g/mol. The topological polar surface area (TPSA) is 122 Å². The molecule has 3 aliphatic rings. The number of hydrogen-bond acceptors (Lipinski definition) is 5. The maximum absolute atomic E-state index is 13.2. The Morgan fingerprint density at radius 3 is 2.19 bits per heavy atom. The van der Waals surface area contributed by atoms with Gasteiger partial charge >= 0.3 is 0 Å². The molecule has 31 heavy (non-hydrogen) atoms. The first-order valence-electron chi connectivity index (χ1n) is 12.1. The van der Waals surface area contributed by atoms with Gasteiger partial charge in [0.1, 0.15) is 6.04 Å². The molecule has 0 bridgehead atoms. The van der Waals surface area contributed by atoms with Gasteiger partial charge in [-0.05, 0) is 38.0 Å². The molecule has 1 saturated carbocycles. The summed E-state index contributed by atoms with van der Waals surface area (Å²) in [4.78, 5) is 52.9. The second-order valence-corrected chi connectivity index (χ2v) is 9.57. The lowest BCUT2D eigenvalue weighted by Gasteiger charge is -2.30. The molecule has 0 aromatic carbocycles. The first-order chi connectivity index (χ1) is 14.9. The molecule has 8 nitrogen and oxygen atoms in total. The zero-order chi connectivity index (χ0) is 22.4. The molecule has 8 heteroatoms. The summed E-state index contributed by atoms with van der Waals surface area (Å²) < 4.78 is 0. The van der Waals surface area contributed by atoms with Crippen LogP contribution >= 0.6 is 0 Å². The van der Waals surface area contributed by atoms with E-state index in [1.165, 1.54) is 0 Å². The van der Waals surface area contributed by atoms with Crippen LogP contribution in [0.3, 0.4) is 0 Å². The molecule has 2 saturated heterocycles. The van der Waals surface area contributed by atoms with Crippen molar-refractivity contribution in [1.82, 2.24) is 15.5 Å². The lowest BCUT2D eigenvalue weighted by Crippen LogP contribution is -2.56. The van der Waals surface area contributed by atoms with Crippen LogP contribution in [0.25, 0.3) is 0 Å². The van der Waals surface area contributed by atoms with Crippen molar-refractivity contribution in [1.29, 1.82) is 0 Å². The van der Waals surface area contributed by atoms with Gasteiger partial charge in [0.15, 0.2) is 0 Å². The van der Waals surface area contributed by atoms with Gasteiger partial charge in [0.05, 0.1) is 12.1 Å². The number of fused-ring (bicyclic) bond motifs is 1. The summed E-state index contributed by atoms with van der Waals surface area (Å²) in [5.41, 5.74) is 6.17. The Kier molecular flexibility index (Phi) is 8.46. The SMILES string of the molecule is C[C@H]1CCN2C(=O)[C@@H](N)CCCCCCCCC[C@@H](C(=O)C(=O)NC3CC3)NC(=O)[C@H]12. The molecule has 0 unspecified atom stereocenters. The Hall–Kier alpha value is -1.96. The van der Waals surface area contributed by atoms with E-state index in [-0.39, 0.29) is 23.8 Å². The van der Waals surface area contributed by atoms with Crippen LogP contribution in [0.5, 0.6) is 0 Å². The summed E-state index contributed by atoms with van der Waals surface area (Å²) in [6, 6.07) is -2.01. The Labute approximate surface area is 185 Å². The molecule has 0 aromatic heterocycles. The third-order valence-corrected chi connectivity index (χ3v) is 6.85. The van der Waals surface area contributed by atoms with Crippen LogP contribution in [0, 0.1) is 5.92 Å². The summed E-state index contributed by atoms with van der Waals surface area (Å²) in [6.45, 7) is 2.44. The number of nitrogens with two attached hydrogens (primary N) is 1. The molecule has 0 aromatic rings. The van der Waals surface area contributed by atoms with Crippen molar-refractivity contribution in [3.8, 4) is 0 Å². The number of hydrogen-bond donors (Lipinski definition) is 3. The molecular formula is C23H38N4O4. The van der Waals surface area contributed by atoms with Crippen LogP contribution in [0.15, 0.2) is 0 Å². The van der Waals surface area contributed by atoms with E-state index in [0.717, 1.165) is 64.2 Å². The third kappa shape index (κ3) is 6.51. The Bertz CT molecular complexity index is 678. The van der Waals surface area contributed by atoms with Crippen molar-refractivity contribution in [2.45, 2.75) is 108 Å². The number of carbonyl (C=O) groups is 4. The van der Waals surface area contributed by atoms with E-state index in [0.29, 0.717) is 19.4 Å². The predicted octanol–water partition coefficient (Wildman–Crippen LogP) is 1.41. The van der Waals surface area contributed by atoms with Gasteiger partial charge in [-0.2, -0.15) is 0 Å². The van der Waals surface area contributed by atoms with Gasteiger partial charge in [0.2, 0.25) is 17.6 Å². The van der Waals surface area contributed by atoms with E-state index >= 15 is 0 Å². The van der Waals surface area contributed by atoms with Gasteiger partial charge in [0.25, 0.3) is 5.91 Å². The van der Waals surface area contributed by atoms with E-state index < -0.39 is 29.8 Å². The van der Waals surface area contributed by atoms with Gasteiger partial charge in [-0.3, -0.25) is 19.2 Å². The van der Waals surface area contributed by atoms with E-state index in [1.807, 2.05) is 6.92 Å². The Morgan fingerprint density at radius 1 is 0.935 bits per heavy atom. The summed E-state index contributed by atoms with van der Waals surface area (Å²) in [6.07, 6.45) is 10.5. The van der Waals surface area contributed by atoms with E-state index in [9.17, 15) is 19.2 Å². The largest absolute Gasteiger partial charge is 0.347 e. The fourth-order valence-corrected chi connectivity index (χ4v) is 4.70. The van der Waals surface area contributed by atoms with Crippen LogP contribution < -0.4 is 16.4 Å². The lowest BCUT2D eigenvalue weighted by atomic mass is 9.98. The van der Waals surface area contributed by atoms with Gasteiger partial charge < -0.3 is 21.3 Å². The van der Waals surface area contributed by atoms with Crippen molar-refractivity contribution in [2.75, 3.05) is 6.54 Å². The molecule has 2 aliphatic heterocycles. The van der Waals surface area contributed by atoms with Crippen LogP contribution in [-0.4, -0.2) is 59.1 Å². The second kappa shape index (κ2) is 11.1. The average Bonchev–Trinajstić information content (AvgIpc) is 3.47. The molecule has 1 aliphatic carbocycles. The van der Waals surface area contributed by atoms with E-state index in [4.69, 9.17) is 5.73 Å². The highest BCUT2D eigenvalue weighted by atomic mass is 16.2. The minimum Gasteiger partial charge on any atom is -0.347 e.